The van der Waals surface area contributed by atoms with Crippen LogP contribution < -0.4 is 0 Å². The quantitative estimate of drug-likeness (QED) is 0.768. The van der Waals surface area contributed by atoms with Gasteiger partial charge in [0.2, 0.25) is 0 Å². The van der Waals surface area contributed by atoms with E-state index in [1.165, 1.54) is 25.8 Å². The second-order valence-corrected chi connectivity index (χ2v) is 8.02. The Labute approximate surface area is 118 Å². The van der Waals surface area contributed by atoms with E-state index in [9.17, 15) is 0 Å². The van der Waals surface area contributed by atoms with Crippen molar-refractivity contribution in [1.29, 1.82) is 0 Å². The summed E-state index contributed by atoms with van der Waals surface area (Å²) in [6, 6.07) is 0.556. The predicted molar refractivity (Wildman–Crippen MR) is 78.5 cm³/mol. The molecule has 2 aliphatic rings. The molecule has 0 N–H and O–H groups in total. The van der Waals surface area contributed by atoms with E-state index >= 15 is 0 Å². The van der Waals surface area contributed by atoms with Crippen LogP contribution in [0, 0.1) is 0 Å². The van der Waals surface area contributed by atoms with Crippen LogP contribution in [0.2, 0.25) is 0 Å². The van der Waals surface area contributed by atoms with Crippen LogP contribution in [0.15, 0.2) is 0 Å². The third-order valence-electron chi connectivity index (χ3n) is 3.82. The fourth-order valence-corrected chi connectivity index (χ4v) is 3.32. The van der Waals surface area contributed by atoms with Gasteiger partial charge >= 0.3 is 0 Å². The molecule has 0 spiro atoms. The smallest absolute Gasteiger partial charge is 0.101 e. The molecule has 19 heavy (non-hydrogen) atoms. The number of hydrogen-bond donors (Lipinski definition) is 0. The van der Waals surface area contributed by atoms with Crippen LogP contribution in [0.3, 0.4) is 0 Å². The Morgan fingerprint density at radius 2 is 1.53 bits per heavy atom. The summed E-state index contributed by atoms with van der Waals surface area (Å²) in [7, 11) is 0. The molecule has 0 aromatic carbocycles. The monoisotopic (exact) mass is 269 g/mol. The summed E-state index contributed by atoms with van der Waals surface area (Å²) in [5.41, 5.74) is -0.198. The van der Waals surface area contributed by atoms with Crippen molar-refractivity contribution >= 4 is 0 Å². The molecule has 2 fully saturated rings. The van der Waals surface area contributed by atoms with E-state index < -0.39 is 0 Å². The molecule has 0 radical (unpaired) electrons. The van der Waals surface area contributed by atoms with Gasteiger partial charge in [-0.1, -0.05) is 6.42 Å². The number of fused-ring (bicyclic) bond motifs is 1. The van der Waals surface area contributed by atoms with E-state index in [1.807, 2.05) is 0 Å². The van der Waals surface area contributed by atoms with E-state index in [-0.39, 0.29) is 23.4 Å². The summed E-state index contributed by atoms with van der Waals surface area (Å²) >= 11 is 0. The van der Waals surface area contributed by atoms with Crippen molar-refractivity contribution in [3.8, 4) is 0 Å². The Kier molecular flexibility index (Phi) is 4.29. The Bertz CT molecular complexity index is 303. The SMILES string of the molecule is CC(C)(C)O[C@@H]1[C@@H](OC(C)(C)C)CN2CCCC[C@@H]12. The Balaban J connectivity index is 2.11. The molecule has 0 unspecified atom stereocenters. The molecule has 0 aromatic heterocycles. The highest BCUT2D eigenvalue weighted by molar-refractivity contribution is 4.99. The first kappa shape index (κ1) is 15.3. The zero-order valence-electron chi connectivity index (χ0n) is 13.5. The molecule has 0 bridgehead atoms. The highest BCUT2D eigenvalue weighted by atomic mass is 16.6. The molecular formula is C16H31NO2. The van der Waals surface area contributed by atoms with Crippen LogP contribution in [0.25, 0.3) is 0 Å². The molecule has 2 rings (SSSR count). The van der Waals surface area contributed by atoms with Crippen LogP contribution in [0.4, 0.5) is 0 Å². The van der Waals surface area contributed by atoms with Gasteiger partial charge in [-0.3, -0.25) is 4.90 Å². The number of nitrogens with zero attached hydrogens (tertiary/aromatic N) is 1. The predicted octanol–water partition coefficient (Wildman–Crippen LogP) is 3.22. The van der Waals surface area contributed by atoms with Crippen molar-refractivity contribution in [2.75, 3.05) is 13.1 Å². The standard InChI is InChI=1S/C16H31NO2/c1-15(2,3)18-13-11-17-10-8-7-9-12(17)14(13)19-16(4,5)6/h12-14H,7-11H2,1-6H3/t12-,13-,14-/m0/s1. The van der Waals surface area contributed by atoms with E-state index in [2.05, 4.69) is 46.4 Å². The first-order valence-corrected chi connectivity index (χ1v) is 7.75. The lowest BCUT2D eigenvalue weighted by Crippen LogP contribution is -2.45. The molecule has 2 saturated heterocycles. The van der Waals surface area contributed by atoms with Crippen molar-refractivity contribution in [3.63, 3.8) is 0 Å². The van der Waals surface area contributed by atoms with Crippen molar-refractivity contribution in [3.05, 3.63) is 0 Å². The summed E-state index contributed by atoms with van der Waals surface area (Å²) < 4.78 is 12.6. The van der Waals surface area contributed by atoms with Gasteiger partial charge in [0.15, 0.2) is 0 Å². The van der Waals surface area contributed by atoms with E-state index in [0.29, 0.717) is 6.04 Å². The van der Waals surface area contributed by atoms with Crippen LogP contribution in [-0.2, 0) is 9.47 Å². The van der Waals surface area contributed by atoms with E-state index in [1.54, 1.807) is 0 Å². The summed E-state index contributed by atoms with van der Waals surface area (Å²) in [5.74, 6) is 0. The van der Waals surface area contributed by atoms with Gasteiger partial charge in [-0.15, -0.1) is 0 Å². The molecule has 3 nitrogen and oxygen atoms in total. The van der Waals surface area contributed by atoms with Gasteiger partial charge < -0.3 is 9.47 Å². The Morgan fingerprint density at radius 1 is 0.895 bits per heavy atom. The Hall–Kier alpha value is -0.120. The molecule has 0 aromatic rings. The first-order chi connectivity index (χ1) is 8.66. The van der Waals surface area contributed by atoms with E-state index in [0.717, 1.165) is 6.54 Å². The molecular weight excluding hydrogens is 238 g/mol. The summed E-state index contributed by atoms with van der Waals surface area (Å²) in [6.45, 7) is 15.1. The topological polar surface area (TPSA) is 21.7 Å². The second kappa shape index (κ2) is 5.34. The van der Waals surface area contributed by atoms with Crippen molar-refractivity contribution in [1.82, 2.24) is 4.90 Å². The summed E-state index contributed by atoms with van der Waals surface area (Å²) in [5, 5.41) is 0. The van der Waals surface area contributed by atoms with Gasteiger partial charge in [0.1, 0.15) is 6.10 Å². The van der Waals surface area contributed by atoms with Crippen molar-refractivity contribution in [2.45, 2.75) is 90.3 Å². The van der Waals surface area contributed by atoms with Gasteiger partial charge in [0.25, 0.3) is 0 Å². The molecule has 0 aliphatic carbocycles. The highest BCUT2D eigenvalue weighted by Crippen LogP contribution is 2.34. The number of ether oxygens (including phenoxy) is 2. The number of hydrogen-bond acceptors (Lipinski definition) is 3. The lowest BCUT2D eigenvalue weighted by atomic mass is 9.99. The maximum Gasteiger partial charge on any atom is 0.101 e. The lowest BCUT2D eigenvalue weighted by molar-refractivity contribution is -0.151. The maximum atomic E-state index is 6.36. The van der Waals surface area contributed by atoms with Gasteiger partial charge in [-0.25, -0.2) is 0 Å². The fraction of sp³-hybridized carbons (Fsp3) is 1.00. The third kappa shape index (κ3) is 4.17. The zero-order chi connectivity index (χ0) is 14.3. The minimum Gasteiger partial charge on any atom is -0.369 e. The maximum absolute atomic E-state index is 6.36. The van der Waals surface area contributed by atoms with Crippen LogP contribution in [0.1, 0.15) is 60.8 Å². The van der Waals surface area contributed by atoms with E-state index in [4.69, 9.17) is 9.47 Å². The number of rotatable bonds is 2. The fourth-order valence-electron chi connectivity index (χ4n) is 3.32. The van der Waals surface area contributed by atoms with Gasteiger partial charge in [0.05, 0.1) is 17.3 Å². The summed E-state index contributed by atoms with van der Waals surface area (Å²) in [4.78, 5) is 2.58. The summed E-state index contributed by atoms with van der Waals surface area (Å²) in [6.07, 6.45) is 4.33. The third-order valence-corrected chi connectivity index (χ3v) is 3.82. The van der Waals surface area contributed by atoms with Crippen molar-refractivity contribution < 1.29 is 9.47 Å². The molecule has 3 atom stereocenters. The second-order valence-electron chi connectivity index (χ2n) is 8.02. The zero-order valence-corrected chi connectivity index (χ0v) is 13.5. The average molecular weight is 269 g/mol. The van der Waals surface area contributed by atoms with Crippen LogP contribution in [-0.4, -0.2) is 47.4 Å². The van der Waals surface area contributed by atoms with Gasteiger partial charge in [-0.05, 0) is 60.9 Å². The minimum absolute atomic E-state index is 0.0984. The van der Waals surface area contributed by atoms with Gasteiger partial charge in [-0.2, -0.15) is 0 Å². The molecule has 3 heteroatoms. The lowest BCUT2D eigenvalue weighted by Gasteiger charge is -2.36. The normalized spacial score (nSPS) is 33.5. The minimum atomic E-state index is -0.0996. The molecule has 0 amide bonds. The molecule has 112 valence electrons. The van der Waals surface area contributed by atoms with Crippen LogP contribution in [0.5, 0.6) is 0 Å². The highest BCUT2D eigenvalue weighted by Gasteiger charge is 2.46. The first-order valence-electron chi connectivity index (χ1n) is 7.75. The van der Waals surface area contributed by atoms with Crippen LogP contribution >= 0.6 is 0 Å². The van der Waals surface area contributed by atoms with Crippen molar-refractivity contribution in [2.24, 2.45) is 0 Å². The largest absolute Gasteiger partial charge is 0.369 e. The molecule has 2 heterocycles. The van der Waals surface area contributed by atoms with Gasteiger partial charge in [0, 0.05) is 12.6 Å². The molecule has 2 aliphatic heterocycles. The molecule has 0 saturated carbocycles. The Morgan fingerprint density at radius 3 is 2.11 bits per heavy atom. The average Bonchev–Trinajstić information content (AvgIpc) is 2.52. The number of piperidine rings is 1.